The van der Waals surface area contributed by atoms with Gasteiger partial charge in [0.25, 0.3) is 0 Å². The first-order valence-corrected chi connectivity index (χ1v) is 7.24. The second kappa shape index (κ2) is 7.36. The minimum absolute atomic E-state index is 0.320. The molecule has 1 aromatic carbocycles. The number of anilines is 2. The molecule has 0 atom stereocenters. The summed E-state index contributed by atoms with van der Waals surface area (Å²) in [7, 11) is 0. The lowest BCUT2D eigenvalue weighted by molar-refractivity contribution is 0.242. The van der Waals surface area contributed by atoms with Crippen molar-refractivity contribution in [2.75, 3.05) is 50.0 Å². The molecule has 1 heterocycles. The molecule has 1 aliphatic heterocycles. The summed E-state index contributed by atoms with van der Waals surface area (Å²) in [4.78, 5) is 4.88. The maximum Gasteiger partial charge on any atom is 0.0600 e. The Bertz CT molecular complexity index is 375. The Labute approximate surface area is 115 Å². The number of rotatable bonds is 6. The van der Waals surface area contributed by atoms with Crippen LogP contribution in [-0.2, 0) is 0 Å². The lowest BCUT2D eigenvalue weighted by atomic mass is 10.2. The van der Waals surface area contributed by atoms with Crippen molar-refractivity contribution in [3.63, 3.8) is 0 Å². The number of aliphatic hydroxyl groups excluding tert-OH is 1. The van der Waals surface area contributed by atoms with Crippen molar-refractivity contribution in [2.45, 2.75) is 19.3 Å². The predicted octanol–water partition coefficient (Wildman–Crippen LogP) is 1.55. The van der Waals surface area contributed by atoms with E-state index < -0.39 is 0 Å². The molecule has 3 N–H and O–H groups in total. The number of unbranched alkanes of at least 4 members (excludes halogenated alkanes) is 2. The molecule has 0 unspecified atom stereocenters. The van der Waals surface area contributed by atoms with Crippen molar-refractivity contribution < 1.29 is 5.11 Å². The van der Waals surface area contributed by atoms with Crippen LogP contribution in [-0.4, -0.2) is 49.3 Å². The smallest absolute Gasteiger partial charge is 0.0600 e. The standard InChI is InChI=1S/C15H25N3O/c16-14-6-2-3-7-15(14)18-11-9-17(10-12-18)8-4-1-5-13-19/h2-3,6-7,19H,1,4-5,8-13,16H2. The van der Waals surface area contributed by atoms with Gasteiger partial charge in [-0.05, 0) is 37.9 Å². The summed E-state index contributed by atoms with van der Waals surface area (Å²) in [6.45, 7) is 5.78. The lowest BCUT2D eigenvalue weighted by Gasteiger charge is -2.36. The maximum atomic E-state index is 8.76. The van der Waals surface area contributed by atoms with Gasteiger partial charge in [0.05, 0.1) is 11.4 Å². The van der Waals surface area contributed by atoms with Gasteiger partial charge in [-0.15, -0.1) is 0 Å². The van der Waals surface area contributed by atoms with Crippen LogP contribution in [0, 0.1) is 0 Å². The van der Waals surface area contributed by atoms with Crippen LogP contribution in [0.2, 0.25) is 0 Å². The Morgan fingerprint density at radius 2 is 1.74 bits per heavy atom. The molecule has 1 saturated heterocycles. The molecular formula is C15H25N3O. The van der Waals surface area contributed by atoms with E-state index in [1.165, 1.54) is 12.1 Å². The van der Waals surface area contributed by atoms with Gasteiger partial charge in [0, 0.05) is 32.8 Å². The molecule has 1 aromatic rings. The normalized spacial score (nSPS) is 16.8. The fourth-order valence-corrected chi connectivity index (χ4v) is 2.61. The summed E-state index contributed by atoms with van der Waals surface area (Å²) >= 11 is 0. The Morgan fingerprint density at radius 3 is 2.42 bits per heavy atom. The van der Waals surface area contributed by atoms with Crippen LogP contribution in [0.15, 0.2) is 24.3 Å². The molecule has 0 radical (unpaired) electrons. The molecule has 1 aliphatic rings. The van der Waals surface area contributed by atoms with Gasteiger partial charge >= 0.3 is 0 Å². The molecular weight excluding hydrogens is 238 g/mol. The van der Waals surface area contributed by atoms with Crippen LogP contribution in [0.5, 0.6) is 0 Å². The zero-order valence-electron chi connectivity index (χ0n) is 11.6. The fraction of sp³-hybridized carbons (Fsp3) is 0.600. The first kappa shape index (κ1) is 14.2. The summed E-state index contributed by atoms with van der Waals surface area (Å²) in [6, 6.07) is 8.10. The highest BCUT2D eigenvalue weighted by atomic mass is 16.2. The van der Waals surface area contributed by atoms with E-state index in [0.717, 1.165) is 51.3 Å². The predicted molar refractivity (Wildman–Crippen MR) is 80.4 cm³/mol. The molecule has 106 valence electrons. The van der Waals surface area contributed by atoms with Crippen LogP contribution in [0.4, 0.5) is 11.4 Å². The number of nitrogens with zero attached hydrogens (tertiary/aromatic N) is 2. The third kappa shape index (κ3) is 4.11. The van der Waals surface area contributed by atoms with E-state index in [1.54, 1.807) is 0 Å². The van der Waals surface area contributed by atoms with Crippen molar-refractivity contribution in [1.82, 2.24) is 4.90 Å². The average molecular weight is 263 g/mol. The summed E-state index contributed by atoms with van der Waals surface area (Å²) in [6.07, 6.45) is 3.25. The number of benzene rings is 1. The van der Waals surface area contributed by atoms with Crippen molar-refractivity contribution in [1.29, 1.82) is 0 Å². The van der Waals surface area contributed by atoms with Gasteiger partial charge in [-0.1, -0.05) is 12.1 Å². The number of nitrogen functional groups attached to an aromatic ring is 1. The fourth-order valence-electron chi connectivity index (χ4n) is 2.61. The van der Waals surface area contributed by atoms with Gasteiger partial charge in [0.2, 0.25) is 0 Å². The number of piperazine rings is 1. The average Bonchev–Trinajstić information content (AvgIpc) is 2.45. The second-order valence-electron chi connectivity index (χ2n) is 5.17. The second-order valence-corrected chi connectivity index (χ2v) is 5.17. The monoisotopic (exact) mass is 263 g/mol. The van der Waals surface area contributed by atoms with E-state index in [9.17, 15) is 0 Å². The van der Waals surface area contributed by atoms with Gasteiger partial charge in [0.1, 0.15) is 0 Å². The van der Waals surface area contributed by atoms with Gasteiger partial charge < -0.3 is 15.7 Å². The molecule has 0 bridgehead atoms. The van der Waals surface area contributed by atoms with E-state index in [2.05, 4.69) is 15.9 Å². The molecule has 0 saturated carbocycles. The van der Waals surface area contributed by atoms with Gasteiger partial charge in [-0.3, -0.25) is 4.90 Å². The number of hydrogen-bond acceptors (Lipinski definition) is 4. The quantitative estimate of drug-likeness (QED) is 0.604. The van der Waals surface area contributed by atoms with Crippen molar-refractivity contribution >= 4 is 11.4 Å². The van der Waals surface area contributed by atoms with E-state index in [0.29, 0.717) is 6.61 Å². The highest BCUT2D eigenvalue weighted by molar-refractivity contribution is 5.67. The number of hydrogen-bond donors (Lipinski definition) is 2. The molecule has 0 aliphatic carbocycles. The van der Waals surface area contributed by atoms with Crippen LogP contribution >= 0.6 is 0 Å². The van der Waals surface area contributed by atoms with Crippen LogP contribution in [0.3, 0.4) is 0 Å². The number of nitrogens with two attached hydrogens (primary N) is 1. The topological polar surface area (TPSA) is 52.7 Å². The van der Waals surface area contributed by atoms with E-state index >= 15 is 0 Å². The third-order valence-corrected chi connectivity index (χ3v) is 3.78. The van der Waals surface area contributed by atoms with E-state index in [4.69, 9.17) is 10.8 Å². The van der Waals surface area contributed by atoms with E-state index in [-0.39, 0.29) is 0 Å². The Balaban J connectivity index is 1.75. The Morgan fingerprint density at radius 1 is 1.00 bits per heavy atom. The maximum absolute atomic E-state index is 8.76. The van der Waals surface area contributed by atoms with Crippen LogP contribution in [0.25, 0.3) is 0 Å². The molecule has 0 spiro atoms. The Hall–Kier alpha value is -1.26. The largest absolute Gasteiger partial charge is 0.397 e. The summed E-state index contributed by atoms with van der Waals surface area (Å²) in [5.74, 6) is 0. The zero-order valence-corrected chi connectivity index (χ0v) is 11.6. The molecule has 4 heteroatoms. The van der Waals surface area contributed by atoms with Crippen LogP contribution < -0.4 is 10.6 Å². The first-order chi connectivity index (χ1) is 9.31. The summed E-state index contributed by atoms with van der Waals surface area (Å²) in [5.41, 5.74) is 8.06. The third-order valence-electron chi connectivity index (χ3n) is 3.78. The number of aliphatic hydroxyl groups is 1. The van der Waals surface area contributed by atoms with E-state index in [1.807, 2.05) is 18.2 Å². The first-order valence-electron chi connectivity index (χ1n) is 7.24. The van der Waals surface area contributed by atoms with Crippen molar-refractivity contribution in [2.24, 2.45) is 0 Å². The van der Waals surface area contributed by atoms with Gasteiger partial charge in [0.15, 0.2) is 0 Å². The zero-order chi connectivity index (χ0) is 13.5. The molecule has 0 aromatic heterocycles. The molecule has 2 rings (SSSR count). The van der Waals surface area contributed by atoms with Crippen LogP contribution in [0.1, 0.15) is 19.3 Å². The minimum Gasteiger partial charge on any atom is -0.397 e. The SMILES string of the molecule is Nc1ccccc1N1CCN(CCCCCO)CC1. The van der Waals surface area contributed by atoms with Crippen molar-refractivity contribution in [3.8, 4) is 0 Å². The number of para-hydroxylation sites is 2. The van der Waals surface area contributed by atoms with Crippen molar-refractivity contribution in [3.05, 3.63) is 24.3 Å². The molecule has 1 fully saturated rings. The highest BCUT2D eigenvalue weighted by Crippen LogP contribution is 2.23. The lowest BCUT2D eigenvalue weighted by Crippen LogP contribution is -2.46. The molecule has 0 amide bonds. The molecule has 4 nitrogen and oxygen atoms in total. The minimum atomic E-state index is 0.320. The molecule has 19 heavy (non-hydrogen) atoms. The Kier molecular flexibility index (Phi) is 5.48. The summed E-state index contributed by atoms with van der Waals surface area (Å²) < 4.78 is 0. The summed E-state index contributed by atoms with van der Waals surface area (Å²) in [5, 5.41) is 8.76. The van der Waals surface area contributed by atoms with Gasteiger partial charge in [-0.25, -0.2) is 0 Å². The van der Waals surface area contributed by atoms with Gasteiger partial charge in [-0.2, -0.15) is 0 Å². The highest BCUT2D eigenvalue weighted by Gasteiger charge is 2.17.